The molecule has 1 aromatic carbocycles. The van der Waals surface area contributed by atoms with Crippen LogP contribution in [0.25, 0.3) is 11.1 Å². The molecule has 0 aliphatic heterocycles. The summed E-state index contributed by atoms with van der Waals surface area (Å²) in [5, 5.41) is 13.1. The number of hydrogen-bond donors (Lipinski definition) is 0. The highest BCUT2D eigenvalue weighted by molar-refractivity contribution is 5.68. The van der Waals surface area contributed by atoms with E-state index in [4.69, 9.17) is 5.26 Å². The molecule has 1 aromatic heterocycles. The monoisotopic (exact) mass is 333 g/mol. The highest BCUT2D eigenvalue weighted by atomic mass is 19.4. The molecule has 0 saturated heterocycles. The first-order chi connectivity index (χ1) is 11.5. The molecule has 0 amide bonds. The van der Waals surface area contributed by atoms with Crippen LogP contribution in [-0.4, -0.2) is 9.78 Å². The number of rotatable bonds is 3. The predicted molar refractivity (Wildman–Crippen MR) is 84.0 cm³/mol. The number of halogens is 3. The summed E-state index contributed by atoms with van der Waals surface area (Å²) in [6, 6.07) is 5.41. The van der Waals surface area contributed by atoms with Gasteiger partial charge in [0, 0.05) is 18.3 Å². The van der Waals surface area contributed by atoms with Crippen LogP contribution in [0, 0.1) is 17.2 Å². The van der Waals surface area contributed by atoms with Crippen molar-refractivity contribution in [2.45, 2.75) is 44.8 Å². The van der Waals surface area contributed by atoms with Crippen molar-refractivity contribution in [3.05, 3.63) is 41.7 Å². The summed E-state index contributed by atoms with van der Waals surface area (Å²) in [5.74, 6) is 0.551. The number of aromatic nitrogens is 2. The fraction of sp³-hybridized carbons (Fsp3) is 0.444. The summed E-state index contributed by atoms with van der Waals surface area (Å²) in [5.41, 5.74) is -0.293. The van der Waals surface area contributed by atoms with Crippen molar-refractivity contribution in [3.8, 4) is 17.2 Å². The second-order valence-electron chi connectivity index (χ2n) is 6.33. The van der Waals surface area contributed by atoms with Crippen LogP contribution in [0.2, 0.25) is 0 Å². The fourth-order valence-electron chi connectivity index (χ4n) is 3.34. The van der Waals surface area contributed by atoms with Gasteiger partial charge in [0.05, 0.1) is 23.4 Å². The van der Waals surface area contributed by atoms with Gasteiger partial charge in [-0.2, -0.15) is 23.5 Å². The van der Waals surface area contributed by atoms with E-state index in [0.29, 0.717) is 11.5 Å². The zero-order valence-electron chi connectivity index (χ0n) is 13.2. The third kappa shape index (κ3) is 3.61. The van der Waals surface area contributed by atoms with Gasteiger partial charge in [0.15, 0.2) is 0 Å². The third-order valence-electron chi connectivity index (χ3n) is 4.57. The van der Waals surface area contributed by atoms with Crippen molar-refractivity contribution in [1.29, 1.82) is 5.26 Å². The zero-order valence-corrected chi connectivity index (χ0v) is 13.2. The first-order valence-corrected chi connectivity index (χ1v) is 8.11. The molecule has 3 nitrogen and oxygen atoms in total. The Morgan fingerprint density at radius 3 is 2.62 bits per heavy atom. The summed E-state index contributed by atoms with van der Waals surface area (Å²) in [4.78, 5) is 0. The fourth-order valence-corrected chi connectivity index (χ4v) is 3.34. The number of nitriles is 1. The Balaban J connectivity index is 1.88. The largest absolute Gasteiger partial charge is 0.417 e. The SMILES string of the molecule is N#Cc1ccc(-c2cnn(CC3CCCCC3)c2)c(C(F)(F)F)c1. The van der Waals surface area contributed by atoms with Gasteiger partial charge in [-0.15, -0.1) is 0 Å². The average Bonchev–Trinajstić information content (AvgIpc) is 3.03. The van der Waals surface area contributed by atoms with Gasteiger partial charge in [-0.3, -0.25) is 4.68 Å². The van der Waals surface area contributed by atoms with E-state index in [1.807, 2.05) is 0 Å². The molecule has 3 rings (SSSR count). The zero-order chi connectivity index (χ0) is 17.2. The molecule has 0 radical (unpaired) electrons. The molecule has 24 heavy (non-hydrogen) atoms. The van der Waals surface area contributed by atoms with Gasteiger partial charge >= 0.3 is 6.18 Å². The highest BCUT2D eigenvalue weighted by Gasteiger charge is 2.34. The van der Waals surface area contributed by atoms with Crippen LogP contribution < -0.4 is 0 Å². The average molecular weight is 333 g/mol. The second kappa shape index (κ2) is 6.68. The molecule has 1 heterocycles. The minimum absolute atomic E-state index is 0.000623. The highest BCUT2D eigenvalue weighted by Crippen LogP contribution is 2.37. The molecule has 1 aliphatic rings. The minimum Gasteiger partial charge on any atom is -0.272 e. The molecule has 1 fully saturated rings. The van der Waals surface area contributed by atoms with Crippen molar-refractivity contribution >= 4 is 0 Å². The maximum Gasteiger partial charge on any atom is 0.417 e. The molecule has 0 spiro atoms. The first kappa shape index (κ1) is 16.6. The number of hydrogen-bond acceptors (Lipinski definition) is 2. The van der Waals surface area contributed by atoms with E-state index in [1.54, 1.807) is 16.9 Å². The molecule has 2 aromatic rings. The van der Waals surface area contributed by atoms with E-state index in [0.717, 1.165) is 25.5 Å². The van der Waals surface area contributed by atoms with Gasteiger partial charge < -0.3 is 0 Å². The molecular weight excluding hydrogens is 315 g/mol. The Labute approximate surface area is 138 Å². The van der Waals surface area contributed by atoms with Crippen LogP contribution in [0.4, 0.5) is 13.2 Å². The predicted octanol–water partition coefficient (Wildman–Crippen LogP) is 5.02. The Kier molecular flexibility index (Phi) is 4.61. The lowest BCUT2D eigenvalue weighted by Gasteiger charge is -2.21. The molecule has 0 N–H and O–H groups in total. The molecule has 0 atom stereocenters. The van der Waals surface area contributed by atoms with Crippen LogP contribution >= 0.6 is 0 Å². The van der Waals surface area contributed by atoms with Gasteiger partial charge in [0.25, 0.3) is 0 Å². The Hall–Kier alpha value is -2.29. The lowest BCUT2D eigenvalue weighted by molar-refractivity contribution is -0.137. The summed E-state index contributed by atoms with van der Waals surface area (Å²) in [7, 11) is 0. The molecule has 1 aliphatic carbocycles. The lowest BCUT2D eigenvalue weighted by atomic mass is 9.89. The number of alkyl halides is 3. The maximum absolute atomic E-state index is 13.3. The standard InChI is InChI=1S/C18H18F3N3/c19-18(20,21)17-8-14(9-22)6-7-16(17)15-10-23-24(12-15)11-13-4-2-1-3-5-13/h6-8,10,12-13H,1-5,11H2. The van der Waals surface area contributed by atoms with Crippen molar-refractivity contribution in [1.82, 2.24) is 9.78 Å². The van der Waals surface area contributed by atoms with Crippen LogP contribution in [0.15, 0.2) is 30.6 Å². The van der Waals surface area contributed by atoms with Gasteiger partial charge in [-0.05, 0) is 36.5 Å². The molecular formula is C18H18F3N3. The van der Waals surface area contributed by atoms with Crippen molar-refractivity contribution in [2.24, 2.45) is 5.92 Å². The number of nitrogens with zero attached hydrogens (tertiary/aromatic N) is 3. The van der Waals surface area contributed by atoms with Gasteiger partial charge in [0.2, 0.25) is 0 Å². The molecule has 0 bridgehead atoms. The molecule has 126 valence electrons. The van der Waals surface area contributed by atoms with E-state index < -0.39 is 11.7 Å². The summed E-state index contributed by atoms with van der Waals surface area (Å²) < 4.78 is 41.6. The first-order valence-electron chi connectivity index (χ1n) is 8.11. The third-order valence-corrected chi connectivity index (χ3v) is 4.57. The van der Waals surface area contributed by atoms with Crippen molar-refractivity contribution in [2.75, 3.05) is 0 Å². The normalized spacial score (nSPS) is 16.1. The van der Waals surface area contributed by atoms with E-state index in [-0.39, 0.29) is 11.1 Å². The van der Waals surface area contributed by atoms with Gasteiger partial charge in [0.1, 0.15) is 0 Å². The minimum atomic E-state index is -4.51. The molecule has 6 heteroatoms. The van der Waals surface area contributed by atoms with E-state index in [2.05, 4.69) is 5.10 Å². The van der Waals surface area contributed by atoms with Crippen LogP contribution in [0.5, 0.6) is 0 Å². The summed E-state index contributed by atoms with van der Waals surface area (Å²) >= 11 is 0. The Morgan fingerprint density at radius 1 is 1.21 bits per heavy atom. The van der Waals surface area contributed by atoms with Gasteiger partial charge in [-0.1, -0.05) is 25.3 Å². The van der Waals surface area contributed by atoms with E-state index >= 15 is 0 Å². The topological polar surface area (TPSA) is 41.6 Å². The second-order valence-corrected chi connectivity index (χ2v) is 6.33. The van der Waals surface area contributed by atoms with E-state index in [9.17, 15) is 13.2 Å². The van der Waals surface area contributed by atoms with Crippen LogP contribution in [0.3, 0.4) is 0 Å². The Bertz CT molecular complexity index is 750. The van der Waals surface area contributed by atoms with Crippen molar-refractivity contribution in [3.63, 3.8) is 0 Å². The molecule has 1 saturated carbocycles. The maximum atomic E-state index is 13.3. The van der Waals surface area contributed by atoms with Crippen LogP contribution in [-0.2, 0) is 12.7 Å². The van der Waals surface area contributed by atoms with Crippen LogP contribution in [0.1, 0.15) is 43.2 Å². The smallest absolute Gasteiger partial charge is 0.272 e. The number of benzene rings is 1. The van der Waals surface area contributed by atoms with Crippen molar-refractivity contribution < 1.29 is 13.2 Å². The van der Waals surface area contributed by atoms with Gasteiger partial charge in [-0.25, -0.2) is 0 Å². The summed E-state index contributed by atoms with van der Waals surface area (Å²) in [6.07, 6.45) is 4.64. The summed E-state index contributed by atoms with van der Waals surface area (Å²) in [6.45, 7) is 0.748. The van der Waals surface area contributed by atoms with E-state index in [1.165, 1.54) is 37.6 Å². The molecule has 0 unspecified atom stereocenters. The lowest BCUT2D eigenvalue weighted by Crippen LogP contribution is -2.14. The quantitative estimate of drug-likeness (QED) is 0.791. The Morgan fingerprint density at radius 2 is 1.96 bits per heavy atom.